The van der Waals surface area contributed by atoms with Crippen molar-refractivity contribution in [3.8, 4) is 0 Å². The van der Waals surface area contributed by atoms with Crippen LogP contribution >= 0.6 is 0 Å². The molecule has 38 heavy (non-hydrogen) atoms. The van der Waals surface area contributed by atoms with Crippen molar-refractivity contribution < 1.29 is 4.79 Å². The number of carbonyl (C=O) groups is 1. The molecule has 0 aliphatic carbocycles. The number of nitrogens with zero attached hydrogens (tertiary/aromatic N) is 2. The van der Waals surface area contributed by atoms with Gasteiger partial charge in [-0.25, -0.2) is 0 Å². The summed E-state index contributed by atoms with van der Waals surface area (Å²) in [5.41, 5.74) is 11.2. The van der Waals surface area contributed by atoms with Gasteiger partial charge in [0.15, 0.2) is 5.78 Å². The number of anilines is 4. The van der Waals surface area contributed by atoms with Gasteiger partial charge in [-0.1, -0.05) is 50.2 Å². The minimum atomic E-state index is 0.0475. The highest BCUT2D eigenvalue weighted by atomic mass is 16.1. The van der Waals surface area contributed by atoms with Crippen LogP contribution in [0.3, 0.4) is 0 Å². The molecule has 0 saturated carbocycles. The SMILES string of the molecule is CCCN(c1ccc(C(=O)c2ccc(N(CCC)c3c(C)cccc3C)cc2)cc1)c1c(C)cccc1C. The highest BCUT2D eigenvalue weighted by Gasteiger charge is 2.17. The van der Waals surface area contributed by atoms with Gasteiger partial charge in [0.1, 0.15) is 0 Å². The lowest BCUT2D eigenvalue weighted by molar-refractivity contribution is 0.103. The smallest absolute Gasteiger partial charge is 0.193 e. The maximum Gasteiger partial charge on any atom is 0.193 e. The molecule has 3 nitrogen and oxygen atoms in total. The summed E-state index contributed by atoms with van der Waals surface area (Å²) in [6.45, 7) is 14.9. The fourth-order valence-corrected chi connectivity index (χ4v) is 5.40. The topological polar surface area (TPSA) is 23.6 Å². The first-order valence-corrected chi connectivity index (χ1v) is 13.8. The molecule has 196 valence electrons. The lowest BCUT2D eigenvalue weighted by atomic mass is 10.0. The number of rotatable bonds is 10. The molecule has 4 aromatic rings. The van der Waals surface area contributed by atoms with Gasteiger partial charge >= 0.3 is 0 Å². The number of hydrogen-bond acceptors (Lipinski definition) is 3. The van der Waals surface area contributed by atoms with Crippen molar-refractivity contribution in [2.75, 3.05) is 22.9 Å². The van der Waals surface area contributed by atoms with Crippen LogP contribution in [0.25, 0.3) is 0 Å². The molecule has 0 aromatic heterocycles. The Bertz CT molecular complexity index is 1240. The van der Waals surface area contributed by atoms with Gasteiger partial charge < -0.3 is 9.80 Å². The van der Waals surface area contributed by atoms with E-state index in [4.69, 9.17) is 0 Å². The quantitative estimate of drug-likeness (QED) is 0.201. The van der Waals surface area contributed by atoms with Crippen LogP contribution in [0.1, 0.15) is 64.9 Å². The molecule has 0 heterocycles. The van der Waals surface area contributed by atoms with Gasteiger partial charge in [-0.2, -0.15) is 0 Å². The molecule has 0 saturated heterocycles. The molecule has 0 radical (unpaired) electrons. The third kappa shape index (κ3) is 5.67. The van der Waals surface area contributed by atoms with E-state index in [1.807, 2.05) is 24.3 Å². The first-order chi connectivity index (χ1) is 18.3. The zero-order valence-electron chi connectivity index (χ0n) is 23.7. The first-order valence-electron chi connectivity index (χ1n) is 13.8. The Morgan fingerprint density at radius 1 is 0.526 bits per heavy atom. The molecule has 0 aliphatic rings. The van der Waals surface area contributed by atoms with E-state index in [0.29, 0.717) is 11.1 Å². The van der Waals surface area contributed by atoms with Gasteiger partial charge in [0.2, 0.25) is 0 Å². The Kier molecular flexibility index (Phi) is 8.68. The summed E-state index contributed by atoms with van der Waals surface area (Å²) in [4.78, 5) is 18.1. The molecule has 0 fully saturated rings. The van der Waals surface area contributed by atoms with Gasteiger partial charge in [0.25, 0.3) is 0 Å². The zero-order valence-corrected chi connectivity index (χ0v) is 23.7. The predicted octanol–water partition coefficient (Wildman–Crippen LogP) is 9.25. The van der Waals surface area contributed by atoms with E-state index in [0.717, 1.165) is 37.3 Å². The number of para-hydroxylation sites is 2. The highest BCUT2D eigenvalue weighted by molar-refractivity contribution is 6.09. The van der Waals surface area contributed by atoms with Crippen molar-refractivity contribution in [3.63, 3.8) is 0 Å². The minimum Gasteiger partial charge on any atom is -0.341 e. The average Bonchev–Trinajstić information content (AvgIpc) is 2.92. The van der Waals surface area contributed by atoms with E-state index in [2.05, 4.69) is 112 Å². The summed E-state index contributed by atoms with van der Waals surface area (Å²) >= 11 is 0. The minimum absolute atomic E-state index is 0.0475. The van der Waals surface area contributed by atoms with E-state index in [1.165, 1.54) is 33.6 Å². The molecule has 0 aliphatic heterocycles. The highest BCUT2D eigenvalue weighted by Crippen LogP contribution is 2.34. The standard InChI is InChI=1S/C35H40N2O/c1-7-23-36(33-25(3)11-9-12-26(33)4)31-19-15-29(16-20-31)35(38)30-17-21-32(22-18-30)37(24-8-2)34-27(5)13-10-14-28(34)6/h9-22H,7-8,23-24H2,1-6H3. The number of hydrogen-bond donors (Lipinski definition) is 0. The second-order valence-electron chi connectivity index (χ2n) is 10.2. The predicted molar refractivity (Wildman–Crippen MR) is 163 cm³/mol. The molecule has 0 amide bonds. The molecule has 0 spiro atoms. The van der Waals surface area contributed by atoms with Crippen LogP contribution < -0.4 is 9.80 Å². The van der Waals surface area contributed by atoms with Crippen LogP contribution in [-0.2, 0) is 0 Å². The van der Waals surface area contributed by atoms with Crippen LogP contribution in [0.5, 0.6) is 0 Å². The molecular weight excluding hydrogens is 464 g/mol. The lowest BCUT2D eigenvalue weighted by Crippen LogP contribution is -2.20. The molecule has 0 N–H and O–H groups in total. The lowest BCUT2D eigenvalue weighted by Gasteiger charge is -2.28. The van der Waals surface area contributed by atoms with Crippen LogP contribution in [-0.4, -0.2) is 18.9 Å². The fourth-order valence-electron chi connectivity index (χ4n) is 5.40. The maximum atomic E-state index is 13.4. The van der Waals surface area contributed by atoms with Crippen LogP contribution in [0.15, 0.2) is 84.9 Å². The van der Waals surface area contributed by atoms with Crippen LogP contribution in [0.4, 0.5) is 22.7 Å². The van der Waals surface area contributed by atoms with E-state index in [9.17, 15) is 4.79 Å². The average molecular weight is 505 g/mol. The van der Waals surface area contributed by atoms with Gasteiger partial charge in [-0.05, 0) is 111 Å². The van der Waals surface area contributed by atoms with E-state index < -0.39 is 0 Å². The Morgan fingerprint density at radius 3 is 1.13 bits per heavy atom. The van der Waals surface area contributed by atoms with Crippen molar-refractivity contribution >= 4 is 28.5 Å². The summed E-state index contributed by atoms with van der Waals surface area (Å²) in [6.07, 6.45) is 2.08. The normalized spacial score (nSPS) is 10.9. The van der Waals surface area contributed by atoms with Gasteiger partial charge in [0, 0.05) is 47.0 Å². The monoisotopic (exact) mass is 504 g/mol. The second-order valence-corrected chi connectivity index (χ2v) is 10.2. The maximum absolute atomic E-state index is 13.4. The van der Waals surface area contributed by atoms with Gasteiger partial charge in [-0.3, -0.25) is 4.79 Å². The van der Waals surface area contributed by atoms with Crippen molar-refractivity contribution in [2.45, 2.75) is 54.4 Å². The van der Waals surface area contributed by atoms with Gasteiger partial charge in [0.05, 0.1) is 0 Å². The molecule has 4 aromatic carbocycles. The number of carbonyl (C=O) groups excluding carboxylic acids is 1. The third-order valence-electron chi connectivity index (χ3n) is 7.20. The van der Waals surface area contributed by atoms with Crippen LogP contribution in [0.2, 0.25) is 0 Å². The summed E-state index contributed by atoms with van der Waals surface area (Å²) in [5.74, 6) is 0.0475. The third-order valence-corrected chi connectivity index (χ3v) is 7.20. The first kappa shape index (κ1) is 27.2. The van der Waals surface area contributed by atoms with Gasteiger partial charge in [-0.15, -0.1) is 0 Å². The van der Waals surface area contributed by atoms with Crippen molar-refractivity contribution in [1.82, 2.24) is 0 Å². The summed E-state index contributed by atoms with van der Waals surface area (Å²) in [6, 6.07) is 29.0. The molecule has 4 rings (SSSR count). The Labute approximate surface area is 228 Å². The van der Waals surface area contributed by atoms with E-state index in [-0.39, 0.29) is 5.78 Å². The number of benzene rings is 4. The summed E-state index contributed by atoms with van der Waals surface area (Å²) in [5, 5.41) is 0. The van der Waals surface area contributed by atoms with E-state index in [1.54, 1.807) is 0 Å². The Balaban J connectivity index is 1.58. The van der Waals surface area contributed by atoms with Crippen LogP contribution in [0, 0.1) is 27.7 Å². The largest absolute Gasteiger partial charge is 0.341 e. The van der Waals surface area contributed by atoms with Crippen molar-refractivity contribution in [1.29, 1.82) is 0 Å². The Hall–Kier alpha value is -3.85. The Morgan fingerprint density at radius 2 is 0.842 bits per heavy atom. The van der Waals surface area contributed by atoms with E-state index >= 15 is 0 Å². The molecule has 0 unspecified atom stereocenters. The number of ketones is 1. The summed E-state index contributed by atoms with van der Waals surface area (Å²) in [7, 11) is 0. The van der Waals surface area contributed by atoms with Crippen molar-refractivity contribution in [2.24, 2.45) is 0 Å². The number of aryl methyl sites for hydroxylation is 4. The zero-order chi connectivity index (χ0) is 27.2. The molecular formula is C35H40N2O. The fraction of sp³-hybridized carbons (Fsp3) is 0.286. The summed E-state index contributed by atoms with van der Waals surface area (Å²) < 4.78 is 0. The molecule has 0 bridgehead atoms. The molecule has 0 atom stereocenters. The van der Waals surface area contributed by atoms with Crippen molar-refractivity contribution in [3.05, 3.63) is 118 Å². The second kappa shape index (κ2) is 12.1. The molecule has 3 heteroatoms.